The summed E-state index contributed by atoms with van der Waals surface area (Å²) in [7, 11) is 3.48. The van der Waals surface area contributed by atoms with E-state index in [1.54, 1.807) is 0 Å². The zero-order valence-corrected chi connectivity index (χ0v) is 22.3. The van der Waals surface area contributed by atoms with Gasteiger partial charge in [0.25, 0.3) is 0 Å². The van der Waals surface area contributed by atoms with E-state index in [1.165, 1.54) is 33.2 Å². The zero-order chi connectivity index (χ0) is 29.7. The highest BCUT2D eigenvalue weighted by molar-refractivity contribution is 5.99. The molecule has 12 heteroatoms. The van der Waals surface area contributed by atoms with Gasteiger partial charge in [0.1, 0.15) is 6.10 Å². The summed E-state index contributed by atoms with van der Waals surface area (Å²) in [6.07, 6.45) is -0.371. The van der Waals surface area contributed by atoms with Crippen molar-refractivity contribution in [2.75, 3.05) is 21.3 Å². The highest BCUT2D eigenvalue weighted by atomic mass is 19.2. The van der Waals surface area contributed by atoms with Crippen molar-refractivity contribution in [3.05, 3.63) is 76.6 Å². The highest BCUT2D eigenvalue weighted by Crippen LogP contribution is 2.42. The number of pyridine rings is 1. The molecule has 2 atom stereocenters. The molecule has 2 aromatic carbocycles. The first-order valence-corrected chi connectivity index (χ1v) is 12.0. The molecule has 0 fully saturated rings. The SMILES string of the molecule is COc1ccnc(C(=O)C[C@@H](C)C(=O)O[C@@H](C)C(c2ccc(F)c(F)c2OC)c2ccc(F)c(F)c2OC)c1O. The first-order chi connectivity index (χ1) is 19.0. The third-order valence-electron chi connectivity index (χ3n) is 6.28. The fourth-order valence-electron chi connectivity index (χ4n) is 4.30. The number of aromatic hydroxyl groups is 1. The van der Waals surface area contributed by atoms with Gasteiger partial charge in [-0.3, -0.25) is 9.59 Å². The second-order valence-corrected chi connectivity index (χ2v) is 8.83. The van der Waals surface area contributed by atoms with Crippen LogP contribution in [-0.2, 0) is 9.53 Å². The fraction of sp³-hybridized carbons (Fsp3) is 0.321. The van der Waals surface area contributed by atoms with Gasteiger partial charge in [-0.1, -0.05) is 19.1 Å². The predicted molar refractivity (Wildman–Crippen MR) is 134 cm³/mol. The number of benzene rings is 2. The second-order valence-electron chi connectivity index (χ2n) is 8.83. The number of hydrogen-bond acceptors (Lipinski definition) is 8. The normalized spacial score (nSPS) is 12.6. The molecule has 8 nitrogen and oxygen atoms in total. The molecule has 1 aromatic heterocycles. The lowest BCUT2D eigenvalue weighted by Gasteiger charge is -2.28. The Bertz CT molecular complexity index is 1360. The quantitative estimate of drug-likeness (QED) is 0.189. The van der Waals surface area contributed by atoms with Crippen molar-refractivity contribution in [3.8, 4) is 23.0 Å². The smallest absolute Gasteiger partial charge is 0.309 e. The molecule has 3 rings (SSSR count). The number of rotatable bonds is 11. The summed E-state index contributed by atoms with van der Waals surface area (Å²) in [5, 5.41) is 10.2. The minimum Gasteiger partial charge on any atom is -0.503 e. The predicted octanol–water partition coefficient (Wildman–Crippen LogP) is 5.34. The van der Waals surface area contributed by atoms with Crippen LogP contribution in [0.3, 0.4) is 0 Å². The lowest BCUT2D eigenvalue weighted by molar-refractivity contribution is -0.153. The van der Waals surface area contributed by atoms with Crippen LogP contribution in [0.15, 0.2) is 36.5 Å². The molecule has 0 amide bonds. The Morgan fingerprint density at radius 2 is 1.38 bits per heavy atom. The summed E-state index contributed by atoms with van der Waals surface area (Å²) >= 11 is 0. The number of methoxy groups -OCH3 is 3. The molecule has 40 heavy (non-hydrogen) atoms. The van der Waals surface area contributed by atoms with Gasteiger partial charge in [0, 0.05) is 29.8 Å². The van der Waals surface area contributed by atoms with E-state index in [4.69, 9.17) is 18.9 Å². The van der Waals surface area contributed by atoms with Crippen LogP contribution in [0.1, 0.15) is 47.8 Å². The number of aromatic nitrogens is 1. The van der Waals surface area contributed by atoms with Crippen molar-refractivity contribution < 1.29 is 51.2 Å². The molecular formula is C28H27F4NO7. The molecule has 0 radical (unpaired) electrons. The molecule has 0 aliphatic heterocycles. The summed E-state index contributed by atoms with van der Waals surface area (Å²) in [4.78, 5) is 29.6. The first kappa shape index (κ1) is 30.2. The average Bonchev–Trinajstić information content (AvgIpc) is 2.92. The third-order valence-corrected chi connectivity index (χ3v) is 6.28. The van der Waals surface area contributed by atoms with Crippen molar-refractivity contribution in [2.24, 2.45) is 5.92 Å². The van der Waals surface area contributed by atoms with Gasteiger partial charge in [-0.15, -0.1) is 0 Å². The molecule has 0 saturated carbocycles. The molecule has 1 N–H and O–H groups in total. The van der Waals surface area contributed by atoms with E-state index in [1.807, 2.05) is 0 Å². The molecule has 0 aliphatic rings. The maximum Gasteiger partial charge on any atom is 0.309 e. The van der Waals surface area contributed by atoms with E-state index in [0.29, 0.717) is 0 Å². The Hall–Kier alpha value is -4.35. The number of esters is 1. The first-order valence-electron chi connectivity index (χ1n) is 12.0. The minimum atomic E-state index is -1.34. The number of Topliss-reactive ketones (excluding diaryl/α,β-unsaturated/α-hetero) is 1. The topological polar surface area (TPSA) is 104 Å². The van der Waals surface area contributed by atoms with Gasteiger partial charge in [-0.2, -0.15) is 8.78 Å². The van der Waals surface area contributed by atoms with Gasteiger partial charge in [-0.25, -0.2) is 13.8 Å². The van der Waals surface area contributed by atoms with Crippen LogP contribution in [0.25, 0.3) is 0 Å². The molecule has 0 bridgehead atoms. The number of carbonyl (C=O) groups excluding carboxylic acids is 2. The van der Waals surface area contributed by atoms with Gasteiger partial charge in [0.05, 0.1) is 33.2 Å². The standard InChI is InChI=1S/C28H27F4NO7/c1-13(12-19(34)24-25(35)20(37-3)10-11-33-24)28(36)40-14(2)21(15-6-8-17(29)22(31)26(15)38-4)16-7-9-18(30)23(32)27(16)39-5/h6-11,13-14,21,35H,12H2,1-5H3/t13-,14+/m1/s1. The van der Waals surface area contributed by atoms with E-state index in [-0.39, 0.29) is 22.6 Å². The number of hydrogen-bond donors (Lipinski definition) is 1. The summed E-state index contributed by atoms with van der Waals surface area (Å²) in [5.41, 5.74) is -0.386. The zero-order valence-electron chi connectivity index (χ0n) is 22.3. The fourth-order valence-corrected chi connectivity index (χ4v) is 4.30. The van der Waals surface area contributed by atoms with Crippen LogP contribution in [0.5, 0.6) is 23.0 Å². The number of halogens is 4. The maximum absolute atomic E-state index is 14.7. The number of nitrogens with zero attached hydrogens (tertiary/aromatic N) is 1. The average molecular weight is 566 g/mol. The van der Waals surface area contributed by atoms with Crippen LogP contribution in [-0.4, -0.2) is 49.3 Å². The highest BCUT2D eigenvalue weighted by Gasteiger charge is 2.35. The Labute approximate surface area is 227 Å². The summed E-state index contributed by atoms with van der Waals surface area (Å²) in [6, 6.07) is 5.31. The van der Waals surface area contributed by atoms with Gasteiger partial charge >= 0.3 is 5.97 Å². The van der Waals surface area contributed by atoms with Crippen molar-refractivity contribution >= 4 is 11.8 Å². The maximum atomic E-state index is 14.7. The van der Waals surface area contributed by atoms with Crippen molar-refractivity contribution in [1.29, 1.82) is 0 Å². The molecule has 3 aromatic rings. The van der Waals surface area contributed by atoms with Crippen molar-refractivity contribution in [3.63, 3.8) is 0 Å². The number of carbonyl (C=O) groups is 2. The molecule has 0 unspecified atom stereocenters. The van der Waals surface area contributed by atoms with Crippen molar-refractivity contribution in [2.45, 2.75) is 32.3 Å². The lowest BCUT2D eigenvalue weighted by atomic mass is 9.85. The van der Waals surface area contributed by atoms with Gasteiger partial charge in [-0.05, 0) is 19.1 Å². The minimum absolute atomic E-state index is 0.0194. The number of ether oxygens (including phenoxy) is 4. The summed E-state index contributed by atoms with van der Waals surface area (Å²) < 4.78 is 78.0. The Morgan fingerprint density at radius 1 is 0.850 bits per heavy atom. The van der Waals surface area contributed by atoms with E-state index in [9.17, 15) is 32.3 Å². The van der Waals surface area contributed by atoms with E-state index < -0.39 is 76.6 Å². The second kappa shape index (κ2) is 12.7. The molecule has 1 heterocycles. The van der Waals surface area contributed by atoms with Crippen LogP contribution >= 0.6 is 0 Å². The molecular weight excluding hydrogens is 538 g/mol. The van der Waals surface area contributed by atoms with E-state index >= 15 is 0 Å². The molecule has 0 saturated heterocycles. The van der Waals surface area contributed by atoms with E-state index in [0.717, 1.165) is 38.5 Å². The van der Waals surface area contributed by atoms with Gasteiger partial charge in [0.2, 0.25) is 11.6 Å². The molecule has 214 valence electrons. The summed E-state index contributed by atoms with van der Waals surface area (Å²) in [5.74, 6) is -10.5. The third kappa shape index (κ3) is 5.95. The Kier molecular flexibility index (Phi) is 9.56. The van der Waals surface area contributed by atoms with Crippen molar-refractivity contribution in [1.82, 2.24) is 4.98 Å². The lowest BCUT2D eigenvalue weighted by Crippen LogP contribution is -2.28. The Morgan fingerprint density at radius 3 is 1.85 bits per heavy atom. The molecule has 0 spiro atoms. The van der Waals surface area contributed by atoms with Crippen LogP contribution < -0.4 is 14.2 Å². The van der Waals surface area contributed by atoms with Gasteiger partial charge < -0.3 is 24.1 Å². The Balaban J connectivity index is 1.97. The summed E-state index contributed by atoms with van der Waals surface area (Å²) in [6.45, 7) is 2.80. The monoisotopic (exact) mass is 565 g/mol. The van der Waals surface area contributed by atoms with Crippen LogP contribution in [0, 0.1) is 29.2 Å². The van der Waals surface area contributed by atoms with Gasteiger partial charge in [0.15, 0.2) is 46.1 Å². The van der Waals surface area contributed by atoms with Crippen LogP contribution in [0.4, 0.5) is 17.6 Å². The largest absolute Gasteiger partial charge is 0.503 e. The van der Waals surface area contributed by atoms with Crippen LogP contribution in [0.2, 0.25) is 0 Å². The number of ketones is 1. The van der Waals surface area contributed by atoms with E-state index in [2.05, 4.69) is 4.98 Å². The molecule has 0 aliphatic carbocycles.